The van der Waals surface area contributed by atoms with E-state index in [1.807, 2.05) is 30.3 Å². The van der Waals surface area contributed by atoms with E-state index in [9.17, 15) is 14.4 Å². The molecule has 0 spiro atoms. The molecular weight excluding hydrogens is 416 g/mol. The van der Waals surface area contributed by atoms with Gasteiger partial charge in [-0.3, -0.25) is 4.79 Å². The van der Waals surface area contributed by atoms with Crippen LogP contribution in [0, 0.1) is 0 Å². The monoisotopic (exact) mass is 450 g/mol. The Morgan fingerprint density at radius 3 is 2.29 bits per heavy atom. The normalized spacial score (nSPS) is 19.0. The van der Waals surface area contributed by atoms with Gasteiger partial charge >= 0.3 is 12.2 Å². The zero-order valence-corrected chi connectivity index (χ0v) is 20.4. The van der Waals surface area contributed by atoms with Gasteiger partial charge in [0.1, 0.15) is 19.3 Å². The van der Waals surface area contributed by atoms with Crippen molar-refractivity contribution in [3.05, 3.63) is 35.9 Å². The zero-order valence-electron chi connectivity index (χ0n) is 19.4. The Morgan fingerprint density at radius 2 is 1.74 bits per heavy atom. The molecule has 31 heavy (non-hydrogen) atoms. The summed E-state index contributed by atoms with van der Waals surface area (Å²) in [5.74, 6) is -0.186. The SMILES string of the molecule is CC(C)OC(=O)OCC1C(NC(=O)OCc2ccccc2)C(=O)N1[Si](C)(C)C(C)(C)C. The van der Waals surface area contributed by atoms with Crippen molar-refractivity contribution in [3.63, 3.8) is 0 Å². The molecule has 2 rings (SSSR count). The maximum absolute atomic E-state index is 13.0. The molecule has 2 amide bonds. The first-order valence-electron chi connectivity index (χ1n) is 10.5. The Labute approximate surface area is 185 Å². The van der Waals surface area contributed by atoms with Gasteiger partial charge in [0.05, 0.1) is 12.1 Å². The highest BCUT2D eigenvalue weighted by Crippen LogP contribution is 2.43. The predicted molar refractivity (Wildman–Crippen MR) is 119 cm³/mol. The zero-order chi connectivity index (χ0) is 23.4. The topological polar surface area (TPSA) is 94.2 Å². The number of benzene rings is 1. The maximum atomic E-state index is 13.0. The Bertz CT molecular complexity index is 791. The second-order valence-corrected chi connectivity index (χ2v) is 14.6. The van der Waals surface area contributed by atoms with Crippen molar-refractivity contribution in [2.75, 3.05) is 6.61 Å². The fourth-order valence-electron chi connectivity index (χ4n) is 3.20. The molecule has 0 saturated carbocycles. The highest BCUT2D eigenvalue weighted by molar-refractivity contribution is 6.80. The number of β-lactam (4-membered cyclic amide) rings is 1. The number of nitrogens with one attached hydrogen (secondary N) is 1. The van der Waals surface area contributed by atoms with Gasteiger partial charge in [-0.25, -0.2) is 9.59 Å². The average molecular weight is 451 g/mol. The molecule has 1 fully saturated rings. The molecule has 0 radical (unpaired) electrons. The van der Waals surface area contributed by atoms with Gasteiger partial charge in [0, 0.05) is 0 Å². The fraction of sp³-hybridized carbons (Fsp3) is 0.591. The minimum absolute atomic E-state index is 0.0621. The Morgan fingerprint density at radius 1 is 1.13 bits per heavy atom. The summed E-state index contributed by atoms with van der Waals surface area (Å²) in [5.41, 5.74) is 0.844. The summed E-state index contributed by atoms with van der Waals surface area (Å²) >= 11 is 0. The maximum Gasteiger partial charge on any atom is 0.508 e. The lowest BCUT2D eigenvalue weighted by Crippen LogP contribution is -2.79. The summed E-state index contributed by atoms with van der Waals surface area (Å²) in [6, 6.07) is 7.98. The standard InChI is InChI=1S/C22H34N2O6Si/c1-15(2)30-21(27)29-14-17-18(19(25)24(17)31(6,7)22(3,4)5)23-20(26)28-13-16-11-9-8-10-12-16/h8-12,15,17-18H,13-14H2,1-7H3,(H,23,26). The second-order valence-electron chi connectivity index (χ2n) is 9.50. The van der Waals surface area contributed by atoms with Crippen LogP contribution in [0.1, 0.15) is 40.2 Å². The van der Waals surface area contributed by atoms with E-state index in [0.29, 0.717) is 0 Å². The Balaban J connectivity index is 2.07. The summed E-state index contributed by atoms with van der Waals surface area (Å²) < 4.78 is 17.3. The molecule has 1 aromatic rings. The molecule has 1 aromatic carbocycles. The molecule has 1 N–H and O–H groups in total. The summed E-state index contributed by atoms with van der Waals surface area (Å²) in [4.78, 5) is 37.2. The van der Waals surface area contributed by atoms with E-state index in [1.165, 1.54) is 0 Å². The molecule has 1 aliphatic rings. The van der Waals surface area contributed by atoms with Crippen molar-refractivity contribution in [1.29, 1.82) is 0 Å². The van der Waals surface area contributed by atoms with E-state index in [0.717, 1.165) is 5.56 Å². The number of rotatable bonds is 7. The van der Waals surface area contributed by atoms with Gasteiger partial charge in [-0.1, -0.05) is 64.2 Å². The fourth-order valence-corrected chi connectivity index (χ4v) is 5.66. The van der Waals surface area contributed by atoms with Gasteiger partial charge in [0.25, 0.3) is 0 Å². The molecule has 8 nitrogen and oxygen atoms in total. The van der Waals surface area contributed by atoms with E-state index in [4.69, 9.17) is 14.2 Å². The van der Waals surface area contributed by atoms with Crippen molar-refractivity contribution in [2.24, 2.45) is 0 Å². The molecule has 0 bridgehead atoms. The summed E-state index contributed by atoms with van der Waals surface area (Å²) in [6.45, 7) is 13.9. The molecule has 1 heterocycles. The molecule has 1 aliphatic heterocycles. The molecule has 9 heteroatoms. The summed E-state index contributed by atoms with van der Waals surface area (Å²) in [5, 5.41) is 2.53. The van der Waals surface area contributed by atoms with Crippen LogP contribution < -0.4 is 5.32 Å². The number of carbonyl (C=O) groups is 3. The van der Waals surface area contributed by atoms with Crippen LogP contribution in [0.3, 0.4) is 0 Å². The van der Waals surface area contributed by atoms with Gasteiger partial charge in [-0.15, -0.1) is 0 Å². The molecule has 1 saturated heterocycles. The molecule has 172 valence electrons. The minimum atomic E-state index is -2.26. The third-order valence-corrected chi connectivity index (χ3v) is 11.3. The molecular formula is C22H34N2O6Si. The van der Waals surface area contributed by atoms with E-state index in [2.05, 4.69) is 39.2 Å². The molecule has 2 atom stereocenters. The summed E-state index contributed by atoms with van der Waals surface area (Å²) in [6.07, 6.45) is -1.80. The van der Waals surface area contributed by atoms with Gasteiger partial charge in [-0.05, 0) is 24.4 Å². The van der Waals surface area contributed by atoms with Crippen molar-refractivity contribution in [1.82, 2.24) is 9.88 Å². The molecule has 0 aromatic heterocycles. The van der Waals surface area contributed by atoms with Crippen LogP contribution in [0.2, 0.25) is 18.1 Å². The second kappa shape index (κ2) is 9.72. The summed E-state index contributed by atoms with van der Waals surface area (Å²) in [7, 11) is -2.26. The van der Waals surface area contributed by atoms with Crippen LogP contribution in [-0.4, -0.2) is 55.8 Å². The molecule has 2 unspecified atom stereocenters. The first kappa shape index (κ1) is 24.7. The van der Waals surface area contributed by atoms with Crippen LogP contribution >= 0.6 is 0 Å². The number of carbonyl (C=O) groups excluding carboxylic acids is 3. The first-order valence-corrected chi connectivity index (χ1v) is 13.4. The minimum Gasteiger partial charge on any atom is -0.445 e. The van der Waals surface area contributed by atoms with Crippen LogP contribution in [0.15, 0.2) is 30.3 Å². The lowest BCUT2D eigenvalue weighted by molar-refractivity contribution is -0.146. The predicted octanol–water partition coefficient (Wildman–Crippen LogP) is 4.06. The smallest absolute Gasteiger partial charge is 0.445 e. The number of ether oxygens (including phenoxy) is 3. The van der Waals surface area contributed by atoms with E-state index < -0.39 is 32.6 Å². The van der Waals surface area contributed by atoms with Gasteiger partial charge in [0.15, 0.2) is 8.24 Å². The lowest BCUT2D eigenvalue weighted by Gasteiger charge is -2.57. The van der Waals surface area contributed by atoms with Gasteiger partial charge in [0.2, 0.25) is 5.91 Å². The first-order chi connectivity index (χ1) is 14.3. The van der Waals surface area contributed by atoms with Gasteiger partial charge in [-0.2, -0.15) is 0 Å². The van der Waals surface area contributed by atoms with Crippen LogP contribution in [0.25, 0.3) is 0 Å². The van der Waals surface area contributed by atoms with Crippen molar-refractivity contribution < 1.29 is 28.6 Å². The quantitative estimate of drug-likeness (QED) is 0.382. The van der Waals surface area contributed by atoms with E-state index in [-0.39, 0.29) is 30.3 Å². The number of amides is 2. The largest absolute Gasteiger partial charge is 0.508 e. The third kappa shape index (κ3) is 6.00. The van der Waals surface area contributed by atoms with Crippen molar-refractivity contribution >= 4 is 26.4 Å². The van der Waals surface area contributed by atoms with Crippen molar-refractivity contribution in [2.45, 2.75) is 77.5 Å². The average Bonchev–Trinajstić information content (AvgIpc) is 2.66. The number of hydrogen-bond donors (Lipinski definition) is 1. The van der Waals surface area contributed by atoms with E-state index in [1.54, 1.807) is 18.4 Å². The third-order valence-electron chi connectivity index (χ3n) is 5.85. The highest BCUT2D eigenvalue weighted by atomic mass is 28.3. The van der Waals surface area contributed by atoms with Crippen LogP contribution in [0.5, 0.6) is 0 Å². The Kier molecular flexibility index (Phi) is 7.75. The number of alkyl carbamates (subject to hydrolysis) is 1. The van der Waals surface area contributed by atoms with E-state index >= 15 is 0 Å². The highest BCUT2D eigenvalue weighted by Gasteiger charge is 2.58. The van der Waals surface area contributed by atoms with Crippen molar-refractivity contribution in [3.8, 4) is 0 Å². The van der Waals surface area contributed by atoms with Crippen LogP contribution in [0.4, 0.5) is 9.59 Å². The lowest BCUT2D eigenvalue weighted by atomic mass is 10.00. The molecule has 0 aliphatic carbocycles. The number of nitrogens with zero attached hydrogens (tertiary/aromatic N) is 1. The van der Waals surface area contributed by atoms with Gasteiger partial charge < -0.3 is 24.1 Å². The Hall–Kier alpha value is -2.55. The number of hydrogen-bond acceptors (Lipinski definition) is 6. The van der Waals surface area contributed by atoms with Crippen LogP contribution in [-0.2, 0) is 25.6 Å².